The molecule has 1 rings (SSSR count). The first kappa shape index (κ1) is 8.59. The Balaban J connectivity index is 2.95. The molecule has 0 radical (unpaired) electrons. The van der Waals surface area contributed by atoms with E-state index >= 15 is 0 Å². The van der Waals surface area contributed by atoms with Gasteiger partial charge in [-0.1, -0.05) is 6.07 Å². The minimum atomic E-state index is 0.695. The molecule has 0 saturated carbocycles. The lowest BCUT2D eigenvalue weighted by Gasteiger charge is -1.93. The van der Waals surface area contributed by atoms with Crippen LogP contribution in [0, 0.1) is 0 Å². The van der Waals surface area contributed by atoms with Crippen LogP contribution in [0.5, 0.6) is 0 Å². The summed E-state index contributed by atoms with van der Waals surface area (Å²) in [6.07, 6.45) is 3.42. The molecular formula is C9H11N3. The molecule has 0 saturated heterocycles. The Morgan fingerprint density at radius 3 is 2.00 bits per heavy atom. The molecule has 1 aromatic heterocycles. The molecule has 0 aromatic carbocycles. The smallest absolute Gasteiger partial charge is 0.153 e. The topological polar surface area (TPSA) is 37.6 Å². The predicted octanol–water partition coefficient (Wildman–Crippen LogP) is 2.53. The number of aromatic nitrogens is 1. The lowest BCUT2D eigenvalue weighted by atomic mass is 10.4. The lowest BCUT2D eigenvalue weighted by molar-refractivity contribution is 1.24. The molecule has 0 amide bonds. The van der Waals surface area contributed by atoms with E-state index in [1.165, 1.54) is 0 Å². The van der Waals surface area contributed by atoms with E-state index in [-0.39, 0.29) is 0 Å². The summed E-state index contributed by atoms with van der Waals surface area (Å²) >= 11 is 0. The Morgan fingerprint density at radius 2 is 1.58 bits per heavy atom. The van der Waals surface area contributed by atoms with Crippen molar-refractivity contribution in [3.8, 4) is 0 Å². The van der Waals surface area contributed by atoms with Gasteiger partial charge in [-0.3, -0.25) is 0 Å². The van der Waals surface area contributed by atoms with Crippen LogP contribution >= 0.6 is 0 Å². The largest absolute Gasteiger partial charge is 0.242 e. The minimum Gasteiger partial charge on any atom is -0.242 e. The van der Waals surface area contributed by atoms with E-state index in [4.69, 9.17) is 0 Å². The van der Waals surface area contributed by atoms with Gasteiger partial charge in [-0.2, -0.15) is 0 Å². The van der Waals surface area contributed by atoms with Gasteiger partial charge in [0, 0.05) is 12.4 Å². The van der Waals surface area contributed by atoms with Gasteiger partial charge in [0.1, 0.15) is 0 Å². The second kappa shape index (κ2) is 4.38. The van der Waals surface area contributed by atoms with Crippen molar-refractivity contribution in [2.24, 2.45) is 9.98 Å². The van der Waals surface area contributed by atoms with Gasteiger partial charge in [0.15, 0.2) is 11.6 Å². The second-order valence-corrected chi connectivity index (χ2v) is 2.13. The van der Waals surface area contributed by atoms with Crippen LogP contribution in [0.1, 0.15) is 13.8 Å². The van der Waals surface area contributed by atoms with Crippen molar-refractivity contribution in [3.05, 3.63) is 18.2 Å². The Bertz CT molecular complexity index is 275. The first-order valence-corrected chi connectivity index (χ1v) is 3.81. The van der Waals surface area contributed by atoms with Crippen LogP contribution < -0.4 is 0 Å². The van der Waals surface area contributed by atoms with Gasteiger partial charge < -0.3 is 0 Å². The molecule has 0 aliphatic heterocycles. The monoisotopic (exact) mass is 161 g/mol. The highest BCUT2D eigenvalue weighted by molar-refractivity contribution is 5.61. The Morgan fingerprint density at radius 1 is 1.08 bits per heavy atom. The molecule has 1 heterocycles. The van der Waals surface area contributed by atoms with Gasteiger partial charge in [0.2, 0.25) is 0 Å². The fraction of sp³-hybridized carbons (Fsp3) is 0.222. The predicted molar refractivity (Wildman–Crippen MR) is 51.9 cm³/mol. The summed E-state index contributed by atoms with van der Waals surface area (Å²) in [6, 6.07) is 5.57. The van der Waals surface area contributed by atoms with Crippen molar-refractivity contribution < 1.29 is 0 Å². The Kier molecular flexibility index (Phi) is 3.14. The first-order chi connectivity index (χ1) is 5.86. The zero-order chi connectivity index (χ0) is 8.81. The first-order valence-electron chi connectivity index (χ1n) is 3.81. The summed E-state index contributed by atoms with van der Waals surface area (Å²) < 4.78 is 0. The van der Waals surface area contributed by atoms with E-state index in [0.29, 0.717) is 11.6 Å². The van der Waals surface area contributed by atoms with Crippen molar-refractivity contribution in [2.45, 2.75) is 13.8 Å². The molecule has 0 spiro atoms. The van der Waals surface area contributed by atoms with E-state index in [1.807, 2.05) is 32.0 Å². The summed E-state index contributed by atoms with van der Waals surface area (Å²) in [7, 11) is 0. The third-order valence-corrected chi connectivity index (χ3v) is 1.24. The van der Waals surface area contributed by atoms with E-state index in [9.17, 15) is 0 Å². The standard InChI is InChI=1S/C9H11N3/c1-3-10-8-6-5-7-9(12-8)11-4-2/h3-7H,1-2H3. The van der Waals surface area contributed by atoms with Gasteiger partial charge in [0.25, 0.3) is 0 Å². The van der Waals surface area contributed by atoms with Crippen LogP contribution in [0.25, 0.3) is 0 Å². The van der Waals surface area contributed by atoms with Crippen LogP contribution in [0.4, 0.5) is 11.6 Å². The molecule has 1 aromatic rings. The second-order valence-electron chi connectivity index (χ2n) is 2.13. The molecule has 0 aliphatic carbocycles. The summed E-state index contributed by atoms with van der Waals surface area (Å²) in [5, 5.41) is 0. The minimum absolute atomic E-state index is 0.695. The van der Waals surface area contributed by atoms with Gasteiger partial charge in [-0.15, -0.1) is 0 Å². The zero-order valence-electron chi connectivity index (χ0n) is 7.23. The lowest BCUT2D eigenvalue weighted by Crippen LogP contribution is -1.74. The molecule has 3 heteroatoms. The Labute approximate surface area is 71.9 Å². The summed E-state index contributed by atoms with van der Waals surface area (Å²) in [4.78, 5) is 12.2. The molecule has 0 N–H and O–H groups in total. The quantitative estimate of drug-likeness (QED) is 0.614. The molecular weight excluding hydrogens is 150 g/mol. The zero-order valence-corrected chi connectivity index (χ0v) is 7.23. The Hall–Kier alpha value is -1.51. The van der Waals surface area contributed by atoms with Crippen LogP contribution in [0.3, 0.4) is 0 Å². The number of aliphatic imine (C=N–C) groups is 2. The van der Waals surface area contributed by atoms with Crippen LogP contribution in [0.15, 0.2) is 28.2 Å². The molecule has 0 unspecified atom stereocenters. The van der Waals surface area contributed by atoms with Crippen LogP contribution in [0.2, 0.25) is 0 Å². The maximum atomic E-state index is 4.16. The highest BCUT2D eigenvalue weighted by Gasteiger charge is 1.90. The average Bonchev–Trinajstić information content (AvgIpc) is 2.06. The maximum Gasteiger partial charge on any atom is 0.153 e. The molecule has 0 fully saturated rings. The van der Waals surface area contributed by atoms with Gasteiger partial charge >= 0.3 is 0 Å². The molecule has 62 valence electrons. The third-order valence-electron chi connectivity index (χ3n) is 1.24. The van der Waals surface area contributed by atoms with Crippen molar-refractivity contribution >= 4 is 24.1 Å². The summed E-state index contributed by atoms with van der Waals surface area (Å²) in [5.74, 6) is 1.39. The average molecular weight is 161 g/mol. The molecule has 0 bridgehead atoms. The van der Waals surface area contributed by atoms with Crippen molar-refractivity contribution in [1.82, 2.24) is 4.98 Å². The van der Waals surface area contributed by atoms with Gasteiger partial charge in [-0.25, -0.2) is 15.0 Å². The number of hydrogen-bond donors (Lipinski definition) is 0. The third kappa shape index (κ3) is 2.27. The number of rotatable bonds is 2. The van der Waals surface area contributed by atoms with E-state index in [0.717, 1.165) is 0 Å². The maximum absolute atomic E-state index is 4.16. The molecule has 3 nitrogen and oxygen atoms in total. The molecule has 0 atom stereocenters. The molecule has 12 heavy (non-hydrogen) atoms. The van der Waals surface area contributed by atoms with Crippen LogP contribution in [-0.4, -0.2) is 17.4 Å². The SMILES string of the molecule is CC=Nc1cccc(N=CC)n1. The van der Waals surface area contributed by atoms with Crippen molar-refractivity contribution in [1.29, 1.82) is 0 Å². The highest BCUT2D eigenvalue weighted by Crippen LogP contribution is 2.13. The number of pyridine rings is 1. The highest BCUT2D eigenvalue weighted by atomic mass is 15.0. The van der Waals surface area contributed by atoms with Crippen molar-refractivity contribution in [2.75, 3.05) is 0 Å². The van der Waals surface area contributed by atoms with Gasteiger partial charge in [0.05, 0.1) is 0 Å². The van der Waals surface area contributed by atoms with Gasteiger partial charge in [-0.05, 0) is 26.0 Å². The van der Waals surface area contributed by atoms with Crippen molar-refractivity contribution in [3.63, 3.8) is 0 Å². The summed E-state index contributed by atoms with van der Waals surface area (Å²) in [5.41, 5.74) is 0. The van der Waals surface area contributed by atoms with Crippen LogP contribution in [-0.2, 0) is 0 Å². The fourth-order valence-corrected chi connectivity index (χ4v) is 0.820. The fourth-order valence-electron chi connectivity index (χ4n) is 0.820. The normalized spacial score (nSPS) is 11.5. The number of nitrogens with zero attached hydrogens (tertiary/aromatic N) is 3. The van der Waals surface area contributed by atoms with E-state index < -0.39 is 0 Å². The number of hydrogen-bond acceptors (Lipinski definition) is 3. The molecule has 0 aliphatic rings. The summed E-state index contributed by atoms with van der Waals surface area (Å²) in [6.45, 7) is 3.72. The van der Waals surface area contributed by atoms with E-state index in [1.54, 1.807) is 12.4 Å². The van der Waals surface area contributed by atoms with E-state index in [2.05, 4.69) is 15.0 Å².